The molecule has 9 aromatic carbocycles. The van der Waals surface area contributed by atoms with E-state index in [4.69, 9.17) is 4.42 Å². The quantitative estimate of drug-likeness (QED) is 0.173. The molecule has 2 aliphatic carbocycles. The zero-order valence-corrected chi connectivity index (χ0v) is 34.5. The SMILES string of the molecule is CC(C)(C)c1ccc(-c2cccc3c2-c2ccccc2C32c3ccccc3-c3ccccc32)c(-c2cccc(N(c3ccccc3)c3ccc4oc5ccccc5c4c3)c2)c1. The van der Waals surface area contributed by atoms with E-state index in [2.05, 4.69) is 220 Å². The first-order valence-electron chi connectivity index (χ1n) is 21.3. The number of para-hydroxylation sites is 2. The van der Waals surface area contributed by atoms with Crippen molar-refractivity contribution in [2.45, 2.75) is 31.6 Å². The van der Waals surface area contributed by atoms with Gasteiger partial charge in [-0.2, -0.15) is 0 Å². The highest BCUT2D eigenvalue weighted by Crippen LogP contribution is 2.64. The van der Waals surface area contributed by atoms with Gasteiger partial charge in [-0.15, -0.1) is 0 Å². The van der Waals surface area contributed by atoms with Crippen LogP contribution < -0.4 is 4.90 Å². The topological polar surface area (TPSA) is 16.4 Å². The highest BCUT2D eigenvalue weighted by atomic mass is 16.3. The molecular weight excluding hydrogens is 739 g/mol. The van der Waals surface area contributed by atoms with Crippen molar-refractivity contribution in [3.05, 3.63) is 234 Å². The minimum atomic E-state index is -0.405. The van der Waals surface area contributed by atoms with Gasteiger partial charge in [-0.3, -0.25) is 0 Å². The van der Waals surface area contributed by atoms with E-state index in [1.54, 1.807) is 0 Å². The number of furan rings is 1. The molecule has 12 rings (SSSR count). The molecular formula is C59H43NO. The lowest BCUT2D eigenvalue weighted by atomic mass is 9.70. The van der Waals surface area contributed by atoms with Crippen molar-refractivity contribution >= 4 is 39.0 Å². The van der Waals surface area contributed by atoms with E-state index in [0.717, 1.165) is 39.0 Å². The van der Waals surface area contributed by atoms with E-state index in [9.17, 15) is 0 Å². The Kier molecular flexibility index (Phi) is 7.74. The molecule has 0 radical (unpaired) electrons. The zero-order valence-electron chi connectivity index (χ0n) is 34.5. The molecule has 0 amide bonds. The molecule has 2 nitrogen and oxygen atoms in total. The van der Waals surface area contributed by atoms with Crippen molar-refractivity contribution in [2.24, 2.45) is 0 Å². The number of rotatable bonds is 5. The van der Waals surface area contributed by atoms with Crippen LogP contribution in [-0.4, -0.2) is 0 Å². The largest absolute Gasteiger partial charge is 0.456 e. The van der Waals surface area contributed by atoms with E-state index >= 15 is 0 Å². The maximum absolute atomic E-state index is 6.27. The second-order valence-corrected chi connectivity index (χ2v) is 17.6. The van der Waals surface area contributed by atoms with Gasteiger partial charge >= 0.3 is 0 Å². The summed E-state index contributed by atoms with van der Waals surface area (Å²) in [5.74, 6) is 0. The van der Waals surface area contributed by atoms with Gasteiger partial charge in [0.2, 0.25) is 0 Å². The third kappa shape index (κ3) is 5.22. The predicted octanol–water partition coefficient (Wildman–Crippen LogP) is 16.0. The molecule has 0 atom stereocenters. The molecule has 2 heteroatoms. The normalized spacial score (nSPS) is 13.3. The van der Waals surface area contributed by atoms with Gasteiger partial charge in [-0.25, -0.2) is 0 Å². The number of hydrogen-bond donors (Lipinski definition) is 0. The van der Waals surface area contributed by atoms with Crippen molar-refractivity contribution in [2.75, 3.05) is 4.90 Å². The average Bonchev–Trinajstić information content (AvgIpc) is 3.93. The average molecular weight is 782 g/mol. The Balaban J connectivity index is 1.08. The van der Waals surface area contributed by atoms with Crippen molar-refractivity contribution < 1.29 is 4.42 Å². The Hall–Kier alpha value is -7.42. The Labute approximate surface area is 357 Å². The third-order valence-corrected chi connectivity index (χ3v) is 13.2. The van der Waals surface area contributed by atoms with Gasteiger partial charge in [0.15, 0.2) is 0 Å². The summed E-state index contributed by atoms with van der Waals surface area (Å²) in [6.45, 7) is 6.93. The van der Waals surface area contributed by atoms with Crippen LogP contribution >= 0.6 is 0 Å². The summed E-state index contributed by atoms with van der Waals surface area (Å²) in [5.41, 5.74) is 21.4. The van der Waals surface area contributed by atoms with Crippen LogP contribution in [0.2, 0.25) is 0 Å². The van der Waals surface area contributed by atoms with E-state index in [-0.39, 0.29) is 5.41 Å². The molecule has 61 heavy (non-hydrogen) atoms. The number of anilines is 3. The van der Waals surface area contributed by atoms with Crippen molar-refractivity contribution in [1.82, 2.24) is 0 Å². The molecule has 10 aromatic rings. The summed E-state index contributed by atoms with van der Waals surface area (Å²) < 4.78 is 6.27. The fourth-order valence-corrected chi connectivity index (χ4v) is 10.5. The van der Waals surface area contributed by atoms with Crippen LogP contribution in [0.4, 0.5) is 17.1 Å². The van der Waals surface area contributed by atoms with Crippen LogP contribution in [-0.2, 0) is 10.8 Å². The fraction of sp³-hybridized carbons (Fsp3) is 0.0847. The Morgan fingerprint density at radius 3 is 1.70 bits per heavy atom. The van der Waals surface area contributed by atoms with Crippen molar-refractivity contribution in [1.29, 1.82) is 0 Å². The molecule has 2 aliphatic rings. The number of benzene rings is 9. The van der Waals surface area contributed by atoms with Crippen LogP contribution in [0.3, 0.4) is 0 Å². The molecule has 1 spiro atoms. The van der Waals surface area contributed by atoms with Crippen LogP contribution in [0, 0.1) is 0 Å². The van der Waals surface area contributed by atoms with Crippen molar-refractivity contribution in [3.8, 4) is 44.5 Å². The maximum Gasteiger partial charge on any atom is 0.135 e. The number of hydrogen-bond acceptors (Lipinski definition) is 2. The molecule has 1 heterocycles. The van der Waals surface area contributed by atoms with E-state index in [0.29, 0.717) is 0 Å². The summed E-state index contributed by atoms with van der Waals surface area (Å²) >= 11 is 0. The smallest absolute Gasteiger partial charge is 0.135 e. The summed E-state index contributed by atoms with van der Waals surface area (Å²) in [7, 11) is 0. The lowest BCUT2D eigenvalue weighted by Crippen LogP contribution is -2.25. The Morgan fingerprint density at radius 1 is 0.377 bits per heavy atom. The van der Waals surface area contributed by atoms with Crippen LogP contribution in [0.15, 0.2) is 211 Å². The second-order valence-electron chi connectivity index (χ2n) is 17.6. The summed E-state index contributed by atoms with van der Waals surface area (Å²) in [6.07, 6.45) is 0. The van der Waals surface area contributed by atoms with E-state index in [1.807, 2.05) is 12.1 Å². The maximum atomic E-state index is 6.27. The van der Waals surface area contributed by atoms with Gasteiger partial charge in [-0.05, 0) is 132 Å². The van der Waals surface area contributed by atoms with Gasteiger partial charge in [0, 0.05) is 27.8 Å². The third-order valence-electron chi connectivity index (χ3n) is 13.2. The van der Waals surface area contributed by atoms with Crippen LogP contribution in [0.1, 0.15) is 48.6 Å². The van der Waals surface area contributed by atoms with Gasteiger partial charge in [0.25, 0.3) is 0 Å². The molecule has 0 saturated carbocycles. The molecule has 1 aromatic heterocycles. The minimum absolute atomic E-state index is 0.0453. The van der Waals surface area contributed by atoms with E-state index in [1.165, 1.54) is 72.3 Å². The molecule has 0 saturated heterocycles. The molecule has 0 fully saturated rings. The second kappa shape index (κ2) is 13.3. The molecule has 0 aliphatic heterocycles. The first kappa shape index (κ1) is 35.5. The minimum Gasteiger partial charge on any atom is -0.456 e. The zero-order chi connectivity index (χ0) is 40.9. The molecule has 0 bridgehead atoms. The lowest BCUT2D eigenvalue weighted by Gasteiger charge is -2.30. The Morgan fingerprint density at radius 2 is 0.951 bits per heavy atom. The molecule has 0 unspecified atom stereocenters. The number of fused-ring (bicyclic) bond motifs is 13. The fourth-order valence-electron chi connectivity index (χ4n) is 10.5. The van der Waals surface area contributed by atoms with Crippen LogP contribution in [0.5, 0.6) is 0 Å². The first-order chi connectivity index (χ1) is 29.9. The summed E-state index contributed by atoms with van der Waals surface area (Å²) in [5, 5.41) is 2.22. The monoisotopic (exact) mass is 781 g/mol. The lowest BCUT2D eigenvalue weighted by molar-refractivity contribution is 0.590. The molecule has 290 valence electrons. The highest BCUT2D eigenvalue weighted by Gasteiger charge is 2.52. The highest BCUT2D eigenvalue weighted by molar-refractivity contribution is 6.07. The summed E-state index contributed by atoms with van der Waals surface area (Å²) in [6, 6.07) is 76.1. The van der Waals surface area contributed by atoms with Crippen LogP contribution in [0.25, 0.3) is 66.4 Å². The van der Waals surface area contributed by atoms with Gasteiger partial charge < -0.3 is 9.32 Å². The van der Waals surface area contributed by atoms with Crippen molar-refractivity contribution in [3.63, 3.8) is 0 Å². The number of nitrogens with zero attached hydrogens (tertiary/aromatic N) is 1. The Bertz CT molecular complexity index is 3320. The van der Waals surface area contributed by atoms with Gasteiger partial charge in [-0.1, -0.05) is 172 Å². The summed E-state index contributed by atoms with van der Waals surface area (Å²) in [4.78, 5) is 2.37. The standard InChI is InChI=1S/C59H43NO/c1-58(2,3)39-31-33-43(47-25-16-29-54-57(47)48-24-9-13-28-53(48)59(54)51-26-11-7-21-44(51)45-22-8-12-27-52(45)59)49(36-39)38-17-15-20-41(35-38)60(40-18-5-4-6-19-40)42-32-34-56-50(37-42)46-23-10-14-30-55(46)61-56/h4-37H,1-3H3. The van der Waals surface area contributed by atoms with Gasteiger partial charge in [0.05, 0.1) is 5.41 Å². The van der Waals surface area contributed by atoms with E-state index < -0.39 is 5.41 Å². The van der Waals surface area contributed by atoms with Gasteiger partial charge in [0.1, 0.15) is 11.2 Å². The first-order valence-corrected chi connectivity index (χ1v) is 21.3. The molecule has 0 N–H and O–H groups in total. The predicted molar refractivity (Wildman–Crippen MR) is 254 cm³/mol.